The van der Waals surface area contributed by atoms with Crippen molar-refractivity contribution in [1.29, 1.82) is 0 Å². The molecule has 3 fully saturated rings. The highest BCUT2D eigenvalue weighted by atomic mass is 19.1. The monoisotopic (exact) mass is 414 g/mol. The van der Waals surface area contributed by atoms with Crippen LogP contribution in [-0.4, -0.2) is 31.7 Å². The van der Waals surface area contributed by atoms with Crippen molar-refractivity contribution in [3.05, 3.63) is 52.7 Å². The molecule has 0 amide bonds. The van der Waals surface area contributed by atoms with Gasteiger partial charge in [0.1, 0.15) is 11.5 Å². The molecule has 30 heavy (non-hydrogen) atoms. The Kier molecular flexibility index (Phi) is 4.34. The number of hydrogen-bond acceptors (Lipinski definition) is 4. The highest BCUT2D eigenvalue weighted by Crippen LogP contribution is 2.46. The van der Waals surface area contributed by atoms with Crippen LogP contribution < -0.4 is 10.9 Å². The van der Waals surface area contributed by atoms with Crippen molar-refractivity contribution in [1.82, 2.24) is 14.5 Å². The maximum Gasteiger partial charge on any atom is 0.308 e. The zero-order valence-corrected chi connectivity index (χ0v) is 15.9. The van der Waals surface area contributed by atoms with E-state index in [1.165, 1.54) is 23.0 Å². The number of aromatic amines is 1. The molecule has 0 aromatic carbocycles. The van der Waals surface area contributed by atoms with Crippen molar-refractivity contribution in [2.45, 2.75) is 31.7 Å². The molecule has 3 aromatic heterocycles. The molecule has 9 heteroatoms. The number of fused-ring (bicyclic) bond motifs is 4. The van der Waals surface area contributed by atoms with Gasteiger partial charge in [0.15, 0.2) is 5.82 Å². The minimum absolute atomic E-state index is 0.0529. The summed E-state index contributed by atoms with van der Waals surface area (Å²) >= 11 is 0. The Labute approximate surface area is 169 Å². The van der Waals surface area contributed by atoms with Gasteiger partial charge in [-0.25, -0.2) is 13.8 Å². The highest BCUT2D eigenvalue weighted by molar-refractivity contribution is 5.85. The highest BCUT2D eigenvalue weighted by Gasteiger charge is 2.47. The van der Waals surface area contributed by atoms with Gasteiger partial charge in [0.05, 0.1) is 23.5 Å². The smallest absolute Gasteiger partial charge is 0.308 e. The summed E-state index contributed by atoms with van der Waals surface area (Å²) in [6, 6.07) is 1.69. The fraction of sp³-hybridized carbons (Fsp3) is 0.381. The summed E-state index contributed by atoms with van der Waals surface area (Å²) in [5.74, 6) is -2.56. The Hall–Kier alpha value is -3.23. The lowest BCUT2D eigenvalue weighted by atomic mass is 9.61. The number of H-pyrrole nitrogens is 1. The van der Waals surface area contributed by atoms with Crippen LogP contribution in [0.1, 0.15) is 25.7 Å². The molecule has 7 nitrogen and oxygen atoms in total. The Morgan fingerprint density at radius 1 is 1.20 bits per heavy atom. The maximum absolute atomic E-state index is 14.7. The van der Waals surface area contributed by atoms with Gasteiger partial charge in [-0.15, -0.1) is 0 Å². The first-order valence-corrected chi connectivity index (χ1v) is 9.97. The lowest BCUT2D eigenvalue weighted by Crippen LogP contribution is -2.51. The minimum atomic E-state index is -0.881. The van der Waals surface area contributed by atoms with E-state index < -0.39 is 35.1 Å². The summed E-state index contributed by atoms with van der Waals surface area (Å²) in [6.45, 7) is 0. The van der Waals surface area contributed by atoms with E-state index in [1.54, 1.807) is 0 Å². The number of carboxylic acids is 1. The number of halogens is 2. The van der Waals surface area contributed by atoms with Crippen LogP contribution in [0.15, 0.2) is 35.5 Å². The third-order valence-corrected chi connectivity index (χ3v) is 6.57. The van der Waals surface area contributed by atoms with Crippen molar-refractivity contribution < 1.29 is 18.7 Å². The summed E-state index contributed by atoms with van der Waals surface area (Å²) in [6.07, 6.45) is 7.43. The van der Waals surface area contributed by atoms with Crippen LogP contribution in [0.2, 0.25) is 0 Å². The topological polar surface area (TPSA) is 100 Å². The van der Waals surface area contributed by atoms with Crippen molar-refractivity contribution in [3.8, 4) is 5.69 Å². The number of nitrogens with one attached hydrogen (secondary N) is 2. The number of nitrogens with zero attached hydrogens (tertiary/aromatic N) is 2. The minimum Gasteiger partial charge on any atom is -0.481 e. The van der Waals surface area contributed by atoms with Gasteiger partial charge in [-0.05, 0) is 43.6 Å². The van der Waals surface area contributed by atoms with Gasteiger partial charge in [-0.3, -0.25) is 14.2 Å². The summed E-state index contributed by atoms with van der Waals surface area (Å²) in [5.41, 5.74) is 0.165. The van der Waals surface area contributed by atoms with Crippen LogP contribution >= 0.6 is 0 Å². The molecule has 3 aliphatic rings. The Morgan fingerprint density at radius 3 is 2.67 bits per heavy atom. The zero-order valence-electron chi connectivity index (χ0n) is 15.9. The second kappa shape index (κ2) is 6.93. The number of aliphatic carboxylic acids is 1. The second-order valence-corrected chi connectivity index (χ2v) is 8.18. The molecule has 0 aliphatic heterocycles. The van der Waals surface area contributed by atoms with Crippen molar-refractivity contribution in [2.75, 3.05) is 5.32 Å². The summed E-state index contributed by atoms with van der Waals surface area (Å²) in [7, 11) is 0. The van der Waals surface area contributed by atoms with Crippen molar-refractivity contribution >= 4 is 22.7 Å². The van der Waals surface area contributed by atoms with Gasteiger partial charge in [0.2, 0.25) is 0 Å². The van der Waals surface area contributed by atoms with Crippen LogP contribution in [0.25, 0.3) is 16.7 Å². The average molecular weight is 414 g/mol. The number of carbonyl (C=O) groups is 1. The number of anilines is 1. The molecular weight excluding hydrogens is 394 g/mol. The van der Waals surface area contributed by atoms with Crippen LogP contribution in [0.3, 0.4) is 0 Å². The maximum atomic E-state index is 14.7. The molecule has 3 aromatic rings. The Balaban J connectivity index is 1.56. The molecule has 3 heterocycles. The molecule has 0 spiro atoms. The molecule has 3 aliphatic carbocycles. The van der Waals surface area contributed by atoms with Gasteiger partial charge >= 0.3 is 5.97 Å². The van der Waals surface area contributed by atoms with Gasteiger partial charge in [0.25, 0.3) is 5.56 Å². The van der Waals surface area contributed by atoms with E-state index in [9.17, 15) is 23.5 Å². The summed E-state index contributed by atoms with van der Waals surface area (Å²) in [4.78, 5) is 31.2. The summed E-state index contributed by atoms with van der Waals surface area (Å²) in [5, 5.41) is 13.2. The average Bonchev–Trinajstić information content (AvgIpc) is 3.13. The predicted molar refractivity (Wildman–Crippen MR) is 106 cm³/mol. The van der Waals surface area contributed by atoms with E-state index in [1.807, 2.05) is 0 Å². The summed E-state index contributed by atoms with van der Waals surface area (Å²) < 4.78 is 29.6. The molecule has 6 rings (SSSR count). The largest absolute Gasteiger partial charge is 0.481 e. The Bertz CT molecular complexity index is 1200. The number of carboxylic acid groups (broad SMARTS) is 1. The molecule has 1 unspecified atom stereocenters. The quantitative estimate of drug-likeness (QED) is 0.608. The van der Waals surface area contributed by atoms with Gasteiger partial charge in [-0.1, -0.05) is 0 Å². The second-order valence-electron chi connectivity index (χ2n) is 8.18. The fourth-order valence-corrected chi connectivity index (χ4v) is 5.16. The van der Waals surface area contributed by atoms with Gasteiger partial charge in [-0.2, -0.15) is 0 Å². The van der Waals surface area contributed by atoms with Crippen LogP contribution in [0, 0.1) is 29.4 Å². The molecule has 0 radical (unpaired) electrons. The lowest BCUT2D eigenvalue weighted by Gasteiger charge is -2.47. The third-order valence-electron chi connectivity index (χ3n) is 6.57. The van der Waals surface area contributed by atoms with Crippen LogP contribution in [-0.2, 0) is 4.79 Å². The van der Waals surface area contributed by atoms with Crippen molar-refractivity contribution in [3.63, 3.8) is 0 Å². The molecule has 156 valence electrons. The number of pyridine rings is 2. The SMILES string of the molecule is O=C(O)[C@H]1C2CCC(CC2)C1Nc1cn(-c2c[nH]c3ncc(F)cc23)c(=O)cc1F. The molecule has 2 atom stereocenters. The first kappa shape index (κ1) is 18.8. The molecule has 3 N–H and O–H groups in total. The Morgan fingerprint density at radius 2 is 1.93 bits per heavy atom. The van der Waals surface area contributed by atoms with E-state index in [2.05, 4.69) is 15.3 Å². The normalized spacial score (nSPS) is 25.5. The fourth-order valence-electron chi connectivity index (χ4n) is 5.16. The predicted octanol–water partition coefficient (Wildman–Crippen LogP) is 3.29. The third kappa shape index (κ3) is 2.96. The zero-order chi connectivity index (χ0) is 21.0. The molecule has 3 saturated carbocycles. The molecule has 2 bridgehead atoms. The first-order chi connectivity index (χ1) is 14.4. The van der Waals surface area contributed by atoms with Gasteiger partial charge in [0, 0.05) is 29.9 Å². The van der Waals surface area contributed by atoms with E-state index in [4.69, 9.17) is 0 Å². The van der Waals surface area contributed by atoms with E-state index in [0.29, 0.717) is 16.7 Å². The first-order valence-electron chi connectivity index (χ1n) is 9.97. The van der Waals surface area contributed by atoms with Crippen LogP contribution in [0.4, 0.5) is 14.5 Å². The molecular formula is C21H20F2N4O3. The van der Waals surface area contributed by atoms with Gasteiger partial charge < -0.3 is 15.4 Å². The standard InChI is InChI=1S/C21H20F2N4O3/c22-12-5-13-16(8-25-20(13)24-7-12)27-9-15(14(23)6-17(27)28)26-19-11-3-1-10(2-4-11)18(19)21(29)30/h5-11,18-19,26H,1-4H2,(H,24,25)(H,29,30)/t10?,11?,18-,19?/m0/s1. The number of rotatable bonds is 4. The van der Waals surface area contributed by atoms with E-state index >= 15 is 0 Å². The number of aromatic nitrogens is 3. The molecule has 0 saturated heterocycles. The van der Waals surface area contributed by atoms with E-state index in [-0.39, 0.29) is 17.5 Å². The van der Waals surface area contributed by atoms with Crippen LogP contribution in [0.5, 0.6) is 0 Å². The van der Waals surface area contributed by atoms with E-state index in [0.717, 1.165) is 37.9 Å². The van der Waals surface area contributed by atoms with Crippen molar-refractivity contribution in [2.24, 2.45) is 17.8 Å². The number of hydrogen-bond donors (Lipinski definition) is 3. The lowest BCUT2D eigenvalue weighted by molar-refractivity contribution is -0.148.